The molecule has 2 saturated heterocycles. The Morgan fingerprint density at radius 3 is 2.82 bits per heavy atom. The zero-order valence-corrected chi connectivity index (χ0v) is 14.3. The first-order valence-corrected chi connectivity index (χ1v) is 8.73. The lowest BCUT2D eigenvalue weighted by Crippen LogP contribution is -2.49. The number of para-hydroxylation sites is 1. The highest BCUT2D eigenvalue weighted by atomic mass is 79.9. The van der Waals surface area contributed by atoms with Crippen LogP contribution < -0.4 is 10.6 Å². The van der Waals surface area contributed by atoms with Gasteiger partial charge in [0, 0.05) is 49.8 Å². The van der Waals surface area contributed by atoms with E-state index in [0.717, 1.165) is 49.4 Å². The van der Waals surface area contributed by atoms with Crippen molar-refractivity contribution < 1.29 is 4.79 Å². The Bertz CT molecular complexity index is 519. The van der Waals surface area contributed by atoms with E-state index in [0.29, 0.717) is 12.6 Å². The Hall–Kier alpha value is -0.950. The molecule has 1 aromatic rings. The Kier molecular flexibility index (Phi) is 5.46. The van der Waals surface area contributed by atoms with Crippen LogP contribution in [-0.4, -0.2) is 67.6 Å². The monoisotopic (exact) mass is 366 g/mol. The summed E-state index contributed by atoms with van der Waals surface area (Å²) in [6.45, 7) is 6.91. The SMILES string of the molecule is O=C(CN1CCC(N2CCNCC2)C1)Nc1ccccc1Br. The maximum atomic E-state index is 12.2. The van der Waals surface area contributed by atoms with Crippen molar-refractivity contribution in [3.05, 3.63) is 28.7 Å². The molecule has 3 rings (SSSR count). The maximum absolute atomic E-state index is 12.2. The molecule has 6 heteroatoms. The number of benzene rings is 1. The predicted molar refractivity (Wildman–Crippen MR) is 92.1 cm³/mol. The summed E-state index contributed by atoms with van der Waals surface area (Å²) >= 11 is 3.46. The maximum Gasteiger partial charge on any atom is 0.238 e. The van der Waals surface area contributed by atoms with Gasteiger partial charge in [-0.05, 0) is 34.5 Å². The molecule has 0 aromatic heterocycles. The van der Waals surface area contributed by atoms with Crippen molar-refractivity contribution in [1.82, 2.24) is 15.1 Å². The van der Waals surface area contributed by atoms with E-state index in [2.05, 4.69) is 36.4 Å². The largest absolute Gasteiger partial charge is 0.324 e. The quantitative estimate of drug-likeness (QED) is 0.844. The molecule has 2 fully saturated rings. The van der Waals surface area contributed by atoms with E-state index in [1.54, 1.807) is 0 Å². The van der Waals surface area contributed by atoms with Crippen molar-refractivity contribution >= 4 is 27.5 Å². The van der Waals surface area contributed by atoms with Crippen LogP contribution in [0.4, 0.5) is 5.69 Å². The Balaban J connectivity index is 1.47. The van der Waals surface area contributed by atoms with Crippen LogP contribution in [0.2, 0.25) is 0 Å². The van der Waals surface area contributed by atoms with Crippen LogP contribution in [0, 0.1) is 0 Å². The average molecular weight is 367 g/mol. The van der Waals surface area contributed by atoms with Gasteiger partial charge in [0.2, 0.25) is 5.91 Å². The molecule has 1 unspecified atom stereocenters. The second kappa shape index (κ2) is 7.55. The zero-order chi connectivity index (χ0) is 15.4. The van der Waals surface area contributed by atoms with Crippen molar-refractivity contribution in [2.45, 2.75) is 12.5 Å². The second-order valence-corrected chi connectivity index (χ2v) is 6.85. The van der Waals surface area contributed by atoms with Crippen LogP contribution in [0.3, 0.4) is 0 Å². The first kappa shape index (κ1) is 15.9. The Morgan fingerprint density at radius 1 is 1.27 bits per heavy atom. The van der Waals surface area contributed by atoms with Gasteiger partial charge in [-0.2, -0.15) is 0 Å². The molecule has 0 bridgehead atoms. The highest BCUT2D eigenvalue weighted by molar-refractivity contribution is 9.10. The van der Waals surface area contributed by atoms with Crippen LogP contribution in [0.1, 0.15) is 6.42 Å². The van der Waals surface area contributed by atoms with Gasteiger partial charge in [-0.3, -0.25) is 14.6 Å². The lowest BCUT2D eigenvalue weighted by Gasteiger charge is -2.32. The van der Waals surface area contributed by atoms with Crippen molar-refractivity contribution in [3.8, 4) is 0 Å². The molecule has 120 valence electrons. The number of rotatable bonds is 4. The molecule has 0 spiro atoms. The smallest absolute Gasteiger partial charge is 0.238 e. The van der Waals surface area contributed by atoms with E-state index in [-0.39, 0.29) is 5.91 Å². The molecule has 1 atom stereocenters. The number of hydrogen-bond acceptors (Lipinski definition) is 4. The topological polar surface area (TPSA) is 47.6 Å². The number of anilines is 1. The summed E-state index contributed by atoms with van der Waals surface area (Å²) in [5, 5.41) is 6.37. The lowest BCUT2D eigenvalue weighted by molar-refractivity contribution is -0.117. The Labute approximate surface area is 140 Å². The van der Waals surface area contributed by atoms with E-state index in [9.17, 15) is 4.79 Å². The van der Waals surface area contributed by atoms with Gasteiger partial charge >= 0.3 is 0 Å². The number of piperazine rings is 1. The summed E-state index contributed by atoms with van der Waals surface area (Å²) in [5.41, 5.74) is 0.838. The van der Waals surface area contributed by atoms with Gasteiger partial charge < -0.3 is 10.6 Å². The van der Waals surface area contributed by atoms with Crippen LogP contribution in [0.25, 0.3) is 0 Å². The second-order valence-electron chi connectivity index (χ2n) is 5.99. The summed E-state index contributed by atoms with van der Waals surface area (Å²) in [7, 11) is 0. The number of amides is 1. The third-order valence-electron chi connectivity index (χ3n) is 4.43. The predicted octanol–water partition coefficient (Wildman–Crippen LogP) is 1.37. The van der Waals surface area contributed by atoms with Gasteiger partial charge in [-0.1, -0.05) is 12.1 Å². The fraction of sp³-hybridized carbons (Fsp3) is 0.562. The number of hydrogen-bond donors (Lipinski definition) is 2. The van der Waals surface area contributed by atoms with E-state index in [1.807, 2.05) is 24.3 Å². The number of halogens is 1. The molecule has 0 saturated carbocycles. The number of nitrogens with zero attached hydrogens (tertiary/aromatic N) is 2. The number of carbonyl (C=O) groups is 1. The lowest BCUT2D eigenvalue weighted by atomic mass is 10.2. The summed E-state index contributed by atoms with van der Waals surface area (Å²) in [5.74, 6) is 0.0628. The minimum absolute atomic E-state index is 0.0628. The van der Waals surface area contributed by atoms with Crippen LogP contribution in [0.5, 0.6) is 0 Å². The van der Waals surface area contributed by atoms with Crippen LogP contribution in [0.15, 0.2) is 28.7 Å². The first-order valence-electron chi connectivity index (χ1n) is 7.94. The standard InChI is InChI=1S/C16H23BrN4O/c17-14-3-1-2-4-15(14)19-16(22)12-20-8-5-13(11-20)21-9-6-18-7-10-21/h1-4,13,18H,5-12H2,(H,19,22). The van der Waals surface area contributed by atoms with E-state index in [4.69, 9.17) is 0 Å². The summed E-state index contributed by atoms with van der Waals surface area (Å²) in [4.78, 5) is 17.0. The number of nitrogens with one attached hydrogen (secondary N) is 2. The number of likely N-dealkylation sites (tertiary alicyclic amines) is 1. The molecule has 5 nitrogen and oxygen atoms in total. The molecule has 0 radical (unpaired) electrons. The zero-order valence-electron chi connectivity index (χ0n) is 12.7. The molecule has 0 aliphatic carbocycles. The molecule has 2 heterocycles. The third-order valence-corrected chi connectivity index (χ3v) is 5.12. The molecule has 22 heavy (non-hydrogen) atoms. The summed E-state index contributed by atoms with van der Waals surface area (Å²) in [6, 6.07) is 8.33. The molecule has 2 aliphatic rings. The van der Waals surface area contributed by atoms with Gasteiger partial charge in [0.25, 0.3) is 0 Å². The number of carbonyl (C=O) groups excluding carboxylic acids is 1. The Morgan fingerprint density at radius 2 is 2.05 bits per heavy atom. The fourth-order valence-corrected chi connectivity index (χ4v) is 3.64. The normalized spacial score (nSPS) is 23.6. The highest BCUT2D eigenvalue weighted by Gasteiger charge is 2.29. The van der Waals surface area contributed by atoms with E-state index >= 15 is 0 Å². The molecular weight excluding hydrogens is 344 g/mol. The van der Waals surface area contributed by atoms with Crippen LogP contribution in [-0.2, 0) is 4.79 Å². The first-order chi connectivity index (χ1) is 10.7. The summed E-state index contributed by atoms with van der Waals surface area (Å²) < 4.78 is 0.920. The van der Waals surface area contributed by atoms with Crippen LogP contribution >= 0.6 is 15.9 Å². The molecule has 1 aromatic carbocycles. The minimum Gasteiger partial charge on any atom is -0.324 e. The minimum atomic E-state index is 0.0628. The molecular formula is C16H23BrN4O. The molecule has 2 N–H and O–H groups in total. The fourth-order valence-electron chi connectivity index (χ4n) is 3.26. The molecule has 1 amide bonds. The van der Waals surface area contributed by atoms with Gasteiger partial charge in [0.15, 0.2) is 0 Å². The van der Waals surface area contributed by atoms with Gasteiger partial charge in [-0.15, -0.1) is 0 Å². The van der Waals surface area contributed by atoms with Crippen molar-refractivity contribution in [1.29, 1.82) is 0 Å². The average Bonchev–Trinajstić information content (AvgIpc) is 2.99. The van der Waals surface area contributed by atoms with Gasteiger partial charge in [0.05, 0.1) is 12.2 Å². The highest BCUT2D eigenvalue weighted by Crippen LogP contribution is 2.21. The van der Waals surface area contributed by atoms with Crippen molar-refractivity contribution in [2.24, 2.45) is 0 Å². The third kappa shape index (κ3) is 4.07. The summed E-state index contributed by atoms with van der Waals surface area (Å²) in [6.07, 6.45) is 1.17. The molecule has 2 aliphatic heterocycles. The van der Waals surface area contributed by atoms with Gasteiger partial charge in [-0.25, -0.2) is 0 Å². The van der Waals surface area contributed by atoms with Gasteiger partial charge in [0.1, 0.15) is 0 Å². The van der Waals surface area contributed by atoms with Crippen molar-refractivity contribution in [2.75, 3.05) is 51.1 Å². The van der Waals surface area contributed by atoms with Crippen molar-refractivity contribution in [3.63, 3.8) is 0 Å². The van der Waals surface area contributed by atoms with E-state index in [1.165, 1.54) is 6.42 Å². The van der Waals surface area contributed by atoms with E-state index < -0.39 is 0 Å².